The molecule has 3 heteroatoms. The van der Waals surface area contributed by atoms with Crippen LogP contribution in [0.5, 0.6) is 0 Å². The summed E-state index contributed by atoms with van der Waals surface area (Å²) in [6, 6.07) is 8.98. The molecule has 0 saturated carbocycles. The average molecular weight is 264 g/mol. The van der Waals surface area contributed by atoms with Gasteiger partial charge in [0.15, 0.2) is 0 Å². The monoisotopic (exact) mass is 264 g/mol. The van der Waals surface area contributed by atoms with Gasteiger partial charge in [-0.1, -0.05) is 38.1 Å². The highest BCUT2D eigenvalue weighted by atomic mass is 16.5. The van der Waals surface area contributed by atoms with E-state index in [1.165, 1.54) is 11.1 Å². The minimum absolute atomic E-state index is 0.570. The number of hydrogen-bond donors (Lipinski definition) is 1. The molecule has 0 saturated heterocycles. The highest BCUT2D eigenvalue weighted by molar-refractivity contribution is 5.25. The van der Waals surface area contributed by atoms with E-state index in [0.29, 0.717) is 5.92 Å². The SMILES string of the molecule is CCNCC(C)c1ccc(CN(C)CCOC)cc1. The molecule has 0 aliphatic rings. The molecule has 1 N–H and O–H groups in total. The minimum atomic E-state index is 0.570. The molecule has 1 atom stereocenters. The lowest BCUT2D eigenvalue weighted by molar-refractivity contribution is 0.158. The first-order valence-electron chi connectivity index (χ1n) is 7.14. The molecule has 108 valence electrons. The Morgan fingerprint density at radius 2 is 1.95 bits per heavy atom. The van der Waals surface area contributed by atoms with Gasteiger partial charge >= 0.3 is 0 Å². The summed E-state index contributed by atoms with van der Waals surface area (Å²) in [5.74, 6) is 0.570. The first-order valence-corrected chi connectivity index (χ1v) is 7.14. The molecular formula is C16H28N2O. The van der Waals surface area contributed by atoms with Gasteiger partial charge in [0, 0.05) is 26.7 Å². The second-order valence-corrected chi connectivity index (χ2v) is 5.18. The molecular weight excluding hydrogens is 236 g/mol. The van der Waals surface area contributed by atoms with Gasteiger partial charge in [-0.15, -0.1) is 0 Å². The van der Waals surface area contributed by atoms with Crippen LogP contribution in [0.3, 0.4) is 0 Å². The quantitative estimate of drug-likeness (QED) is 0.741. The van der Waals surface area contributed by atoms with Crippen molar-refractivity contribution in [3.05, 3.63) is 35.4 Å². The van der Waals surface area contributed by atoms with Crippen LogP contribution >= 0.6 is 0 Å². The smallest absolute Gasteiger partial charge is 0.0589 e. The van der Waals surface area contributed by atoms with Gasteiger partial charge in [0.05, 0.1) is 6.61 Å². The Kier molecular flexibility index (Phi) is 7.72. The maximum Gasteiger partial charge on any atom is 0.0589 e. The lowest BCUT2D eigenvalue weighted by Gasteiger charge is -2.17. The van der Waals surface area contributed by atoms with Crippen molar-refractivity contribution < 1.29 is 4.74 Å². The van der Waals surface area contributed by atoms with Crippen LogP contribution in [0.15, 0.2) is 24.3 Å². The van der Waals surface area contributed by atoms with Crippen molar-refractivity contribution >= 4 is 0 Å². The lowest BCUT2D eigenvalue weighted by Crippen LogP contribution is -2.22. The molecule has 0 aliphatic heterocycles. The summed E-state index contributed by atoms with van der Waals surface area (Å²) < 4.78 is 5.09. The van der Waals surface area contributed by atoms with Gasteiger partial charge in [-0.25, -0.2) is 0 Å². The molecule has 1 rings (SSSR count). The molecule has 0 aliphatic carbocycles. The standard InChI is InChI=1S/C16H28N2O/c1-5-17-12-14(2)16-8-6-15(7-9-16)13-18(3)10-11-19-4/h6-9,14,17H,5,10-13H2,1-4H3. The number of nitrogens with zero attached hydrogens (tertiary/aromatic N) is 1. The Balaban J connectivity index is 2.46. The van der Waals surface area contributed by atoms with Crippen LogP contribution in [0.4, 0.5) is 0 Å². The fourth-order valence-corrected chi connectivity index (χ4v) is 2.07. The van der Waals surface area contributed by atoms with Gasteiger partial charge in [-0.05, 0) is 30.6 Å². The molecule has 0 aromatic heterocycles. The maximum absolute atomic E-state index is 5.09. The van der Waals surface area contributed by atoms with Gasteiger partial charge in [0.1, 0.15) is 0 Å². The van der Waals surface area contributed by atoms with Crippen molar-refractivity contribution in [2.45, 2.75) is 26.3 Å². The topological polar surface area (TPSA) is 24.5 Å². The summed E-state index contributed by atoms with van der Waals surface area (Å²) in [6.07, 6.45) is 0. The van der Waals surface area contributed by atoms with Crippen molar-refractivity contribution in [2.24, 2.45) is 0 Å². The summed E-state index contributed by atoms with van der Waals surface area (Å²) in [5.41, 5.74) is 2.77. The third kappa shape index (κ3) is 6.19. The Bertz CT molecular complexity index is 337. The first kappa shape index (κ1) is 16.2. The van der Waals surface area contributed by atoms with E-state index >= 15 is 0 Å². The van der Waals surface area contributed by atoms with Crippen LogP contribution in [-0.4, -0.2) is 45.3 Å². The molecule has 0 amide bonds. The summed E-state index contributed by atoms with van der Waals surface area (Å²) in [4.78, 5) is 2.28. The molecule has 1 unspecified atom stereocenters. The van der Waals surface area contributed by atoms with E-state index in [0.717, 1.165) is 32.8 Å². The minimum Gasteiger partial charge on any atom is -0.383 e. The van der Waals surface area contributed by atoms with Gasteiger partial charge in [-0.3, -0.25) is 4.90 Å². The number of nitrogens with one attached hydrogen (secondary N) is 1. The van der Waals surface area contributed by atoms with E-state index in [2.05, 4.69) is 55.4 Å². The van der Waals surface area contributed by atoms with E-state index in [1.54, 1.807) is 7.11 Å². The third-order valence-electron chi connectivity index (χ3n) is 3.38. The highest BCUT2D eigenvalue weighted by Gasteiger charge is 2.05. The molecule has 0 heterocycles. The van der Waals surface area contributed by atoms with Crippen LogP contribution in [0.1, 0.15) is 30.9 Å². The van der Waals surface area contributed by atoms with Gasteiger partial charge < -0.3 is 10.1 Å². The Labute approximate surface area is 118 Å². The molecule has 0 radical (unpaired) electrons. The van der Waals surface area contributed by atoms with Crippen LogP contribution in [0.2, 0.25) is 0 Å². The zero-order chi connectivity index (χ0) is 14.1. The van der Waals surface area contributed by atoms with Crippen molar-refractivity contribution in [1.82, 2.24) is 10.2 Å². The zero-order valence-corrected chi connectivity index (χ0v) is 12.8. The number of likely N-dealkylation sites (N-methyl/N-ethyl adjacent to an activating group) is 2. The molecule has 19 heavy (non-hydrogen) atoms. The summed E-state index contributed by atoms with van der Waals surface area (Å²) in [7, 11) is 3.87. The van der Waals surface area contributed by atoms with E-state index in [1.807, 2.05) is 0 Å². The molecule has 0 bridgehead atoms. The Morgan fingerprint density at radius 3 is 2.53 bits per heavy atom. The number of methoxy groups -OCH3 is 1. The fraction of sp³-hybridized carbons (Fsp3) is 0.625. The molecule has 0 spiro atoms. The van der Waals surface area contributed by atoms with E-state index < -0.39 is 0 Å². The van der Waals surface area contributed by atoms with Crippen molar-refractivity contribution in [2.75, 3.05) is 40.4 Å². The highest BCUT2D eigenvalue weighted by Crippen LogP contribution is 2.15. The van der Waals surface area contributed by atoms with Crippen molar-refractivity contribution in [1.29, 1.82) is 0 Å². The predicted octanol–water partition coefficient (Wildman–Crippen LogP) is 2.48. The number of benzene rings is 1. The Morgan fingerprint density at radius 1 is 1.26 bits per heavy atom. The zero-order valence-electron chi connectivity index (χ0n) is 12.8. The normalized spacial score (nSPS) is 12.9. The van der Waals surface area contributed by atoms with Crippen LogP contribution in [0.25, 0.3) is 0 Å². The van der Waals surface area contributed by atoms with Crippen molar-refractivity contribution in [3.8, 4) is 0 Å². The van der Waals surface area contributed by atoms with E-state index in [-0.39, 0.29) is 0 Å². The molecule has 0 fully saturated rings. The van der Waals surface area contributed by atoms with Gasteiger partial charge in [0.25, 0.3) is 0 Å². The molecule has 1 aromatic carbocycles. The lowest BCUT2D eigenvalue weighted by atomic mass is 9.99. The first-order chi connectivity index (χ1) is 9.17. The van der Waals surface area contributed by atoms with E-state index in [9.17, 15) is 0 Å². The van der Waals surface area contributed by atoms with Crippen LogP contribution in [-0.2, 0) is 11.3 Å². The average Bonchev–Trinajstić information content (AvgIpc) is 2.43. The van der Waals surface area contributed by atoms with Crippen LogP contribution < -0.4 is 5.32 Å². The van der Waals surface area contributed by atoms with Crippen molar-refractivity contribution in [3.63, 3.8) is 0 Å². The predicted molar refractivity (Wildman–Crippen MR) is 81.6 cm³/mol. The second-order valence-electron chi connectivity index (χ2n) is 5.18. The molecule has 1 aromatic rings. The summed E-state index contributed by atoms with van der Waals surface area (Å²) >= 11 is 0. The maximum atomic E-state index is 5.09. The number of hydrogen-bond acceptors (Lipinski definition) is 3. The number of ether oxygens (including phenoxy) is 1. The summed E-state index contributed by atoms with van der Waals surface area (Å²) in [6.45, 7) is 9.22. The number of rotatable bonds is 9. The largest absolute Gasteiger partial charge is 0.383 e. The van der Waals surface area contributed by atoms with Gasteiger partial charge in [-0.2, -0.15) is 0 Å². The second kappa shape index (κ2) is 9.08. The summed E-state index contributed by atoms with van der Waals surface area (Å²) in [5, 5.41) is 3.39. The van der Waals surface area contributed by atoms with Crippen LogP contribution in [0, 0.1) is 0 Å². The fourth-order valence-electron chi connectivity index (χ4n) is 2.07. The van der Waals surface area contributed by atoms with Gasteiger partial charge in [0.2, 0.25) is 0 Å². The Hall–Kier alpha value is -0.900. The molecule has 3 nitrogen and oxygen atoms in total. The third-order valence-corrected chi connectivity index (χ3v) is 3.38. The van der Waals surface area contributed by atoms with E-state index in [4.69, 9.17) is 4.74 Å².